The molecule has 1 atom stereocenters. The molecule has 0 spiro atoms. The molecule has 0 aliphatic carbocycles. The largest absolute Gasteiger partial charge is 0.371 e. The summed E-state index contributed by atoms with van der Waals surface area (Å²) in [7, 11) is 0. The summed E-state index contributed by atoms with van der Waals surface area (Å²) in [5, 5.41) is 3.12. The highest BCUT2D eigenvalue weighted by molar-refractivity contribution is 5.77. The molecule has 1 aliphatic heterocycles. The second-order valence-electron chi connectivity index (χ2n) is 7.42. The van der Waals surface area contributed by atoms with E-state index in [0.29, 0.717) is 18.9 Å². The molecule has 4 rings (SSSR count). The number of anilines is 1. The maximum atomic E-state index is 12.3. The number of amides is 1. The van der Waals surface area contributed by atoms with Crippen LogP contribution in [0.4, 0.5) is 5.69 Å². The number of fused-ring (bicyclic) bond motifs is 1. The molecule has 0 saturated carbocycles. The van der Waals surface area contributed by atoms with Crippen molar-refractivity contribution in [2.75, 3.05) is 24.5 Å². The lowest BCUT2D eigenvalue weighted by Gasteiger charge is -2.19. The van der Waals surface area contributed by atoms with Crippen LogP contribution in [0.3, 0.4) is 0 Å². The van der Waals surface area contributed by atoms with Gasteiger partial charge in [-0.1, -0.05) is 24.3 Å². The third kappa shape index (κ3) is 4.13. The van der Waals surface area contributed by atoms with E-state index in [0.717, 1.165) is 37.1 Å². The van der Waals surface area contributed by atoms with Crippen LogP contribution in [0, 0.1) is 12.8 Å². The number of nitrogens with one attached hydrogen (secondary N) is 1. The van der Waals surface area contributed by atoms with Crippen molar-refractivity contribution in [1.29, 1.82) is 0 Å². The Balaban J connectivity index is 1.24. The lowest BCUT2D eigenvalue weighted by atomic mass is 10.1. The van der Waals surface area contributed by atoms with E-state index in [1.54, 1.807) is 0 Å². The molecule has 1 saturated heterocycles. The van der Waals surface area contributed by atoms with E-state index in [-0.39, 0.29) is 5.91 Å². The minimum absolute atomic E-state index is 0.113. The molecule has 1 N–H and O–H groups in total. The van der Waals surface area contributed by atoms with Crippen molar-refractivity contribution in [2.24, 2.45) is 5.92 Å². The number of imidazole rings is 1. The monoisotopic (exact) mass is 362 g/mol. The standard InChI is InChI=1S/C22H26N4O/c1-17-5-4-6-19(13-17)25-11-9-18(15-25)14-23-22(27)10-12-26-16-24-20-7-2-3-8-21(20)26/h2-8,13,16,18H,9-12,14-15H2,1H3,(H,23,27)/t18-/m1/s1. The van der Waals surface area contributed by atoms with Gasteiger partial charge < -0.3 is 14.8 Å². The Labute approximate surface area is 160 Å². The lowest BCUT2D eigenvalue weighted by Crippen LogP contribution is -2.31. The number of benzene rings is 2. The molecule has 1 amide bonds. The number of hydrogen-bond donors (Lipinski definition) is 1. The Morgan fingerprint density at radius 2 is 2.11 bits per heavy atom. The summed E-state index contributed by atoms with van der Waals surface area (Å²) in [5.74, 6) is 0.630. The van der Waals surface area contributed by atoms with Gasteiger partial charge in [0.1, 0.15) is 0 Å². The molecule has 1 aliphatic rings. The van der Waals surface area contributed by atoms with Crippen molar-refractivity contribution < 1.29 is 4.79 Å². The summed E-state index contributed by atoms with van der Waals surface area (Å²) in [6.45, 7) is 5.61. The quantitative estimate of drug-likeness (QED) is 0.731. The fourth-order valence-electron chi connectivity index (χ4n) is 3.82. The second-order valence-corrected chi connectivity index (χ2v) is 7.42. The van der Waals surface area contributed by atoms with Gasteiger partial charge in [-0.05, 0) is 49.1 Å². The molecule has 27 heavy (non-hydrogen) atoms. The van der Waals surface area contributed by atoms with Crippen LogP contribution in [0.5, 0.6) is 0 Å². The zero-order valence-corrected chi connectivity index (χ0v) is 15.8. The van der Waals surface area contributed by atoms with Crippen molar-refractivity contribution in [3.8, 4) is 0 Å². The molecule has 3 aromatic rings. The lowest BCUT2D eigenvalue weighted by molar-refractivity contribution is -0.121. The van der Waals surface area contributed by atoms with E-state index < -0.39 is 0 Å². The molecule has 1 fully saturated rings. The number of nitrogens with zero attached hydrogens (tertiary/aromatic N) is 3. The first-order valence-electron chi connectivity index (χ1n) is 9.67. The average Bonchev–Trinajstić information content (AvgIpc) is 3.32. The van der Waals surface area contributed by atoms with Crippen molar-refractivity contribution in [1.82, 2.24) is 14.9 Å². The molecule has 140 valence electrons. The highest BCUT2D eigenvalue weighted by atomic mass is 16.1. The minimum atomic E-state index is 0.113. The van der Waals surface area contributed by atoms with Crippen molar-refractivity contribution in [3.05, 3.63) is 60.4 Å². The third-order valence-electron chi connectivity index (χ3n) is 5.35. The summed E-state index contributed by atoms with van der Waals surface area (Å²) in [6, 6.07) is 16.7. The van der Waals surface area contributed by atoms with E-state index in [4.69, 9.17) is 0 Å². The van der Waals surface area contributed by atoms with Crippen LogP contribution in [-0.4, -0.2) is 35.1 Å². The van der Waals surface area contributed by atoms with Gasteiger partial charge in [0.2, 0.25) is 5.91 Å². The van der Waals surface area contributed by atoms with Crippen LogP contribution in [-0.2, 0) is 11.3 Å². The van der Waals surface area contributed by atoms with Crippen LogP contribution < -0.4 is 10.2 Å². The van der Waals surface area contributed by atoms with E-state index in [2.05, 4.69) is 46.4 Å². The van der Waals surface area contributed by atoms with Crippen LogP contribution in [0.1, 0.15) is 18.4 Å². The third-order valence-corrected chi connectivity index (χ3v) is 5.35. The van der Waals surface area contributed by atoms with Gasteiger partial charge >= 0.3 is 0 Å². The number of aryl methyl sites for hydroxylation is 2. The normalized spacial score (nSPS) is 16.8. The number of carbonyl (C=O) groups is 1. The average molecular weight is 362 g/mol. The zero-order valence-electron chi connectivity index (χ0n) is 15.8. The molecule has 0 bridgehead atoms. The van der Waals surface area contributed by atoms with Crippen LogP contribution in [0.15, 0.2) is 54.9 Å². The Hall–Kier alpha value is -2.82. The first kappa shape index (κ1) is 17.6. The van der Waals surface area contributed by atoms with Gasteiger partial charge in [-0.25, -0.2) is 4.98 Å². The summed E-state index contributed by atoms with van der Waals surface area (Å²) >= 11 is 0. The number of para-hydroxylation sites is 2. The van der Waals surface area contributed by atoms with Crippen LogP contribution in [0.25, 0.3) is 11.0 Å². The van der Waals surface area contributed by atoms with Crippen molar-refractivity contribution >= 4 is 22.6 Å². The zero-order chi connectivity index (χ0) is 18.6. The fourth-order valence-corrected chi connectivity index (χ4v) is 3.82. The Bertz CT molecular complexity index is 933. The van der Waals surface area contributed by atoms with Gasteiger partial charge in [-0.3, -0.25) is 4.79 Å². The Morgan fingerprint density at radius 3 is 3.00 bits per heavy atom. The van der Waals surface area contributed by atoms with Crippen molar-refractivity contribution in [2.45, 2.75) is 26.3 Å². The van der Waals surface area contributed by atoms with E-state index >= 15 is 0 Å². The summed E-state index contributed by atoms with van der Waals surface area (Å²) < 4.78 is 2.05. The molecule has 1 aromatic heterocycles. The predicted octanol–water partition coefficient (Wildman–Crippen LogP) is 3.38. The highest BCUT2D eigenvalue weighted by Crippen LogP contribution is 2.24. The Kier molecular flexibility index (Phi) is 5.10. The van der Waals surface area contributed by atoms with Crippen LogP contribution >= 0.6 is 0 Å². The topological polar surface area (TPSA) is 50.2 Å². The van der Waals surface area contributed by atoms with Gasteiger partial charge in [-0.15, -0.1) is 0 Å². The van der Waals surface area contributed by atoms with Gasteiger partial charge in [0.15, 0.2) is 0 Å². The maximum absolute atomic E-state index is 12.3. The highest BCUT2D eigenvalue weighted by Gasteiger charge is 2.23. The predicted molar refractivity (Wildman–Crippen MR) is 109 cm³/mol. The first-order valence-corrected chi connectivity index (χ1v) is 9.67. The Morgan fingerprint density at radius 1 is 1.22 bits per heavy atom. The summed E-state index contributed by atoms with van der Waals surface area (Å²) in [6.07, 6.45) is 3.42. The van der Waals surface area contributed by atoms with Crippen LogP contribution in [0.2, 0.25) is 0 Å². The molecular weight excluding hydrogens is 336 g/mol. The number of aromatic nitrogens is 2. The van der Waals surface area contributed by atoms with Crippen molar-refractivity contribution in [3.63, 3.8) is 0 Å². The first-order chi connectivity index (χ1) is 13.2. The smallest absolute Gasteiger partial charge is 0.221 e. The summed E-state index contributed by atoms with van der Waals surface area (Å²) in [5.41, 5.74) is 4.63. The second kappa shape index (κ2) is 7.82. The molecule has 5 nitrogen and oxygen atoms in total. The fraction of sp³-hybridized carbons (Fsp3) is 0.364. The molecule has 2 heterocycles. The van der Waals surface area contributed by atoms with Gasteiger partial charge in [0.25, 0.3) is 0 Å². The molecule has 2 aromatic carbocycles. The van der Waals surface area contributed by atoms with Gasteiger partial charge in [0.05, 0.1) is 17.4 Å². The SMILES string of the molecule is Cc1cccc(N2CC[C@H](CNC(=O)CCn3cnc4ccccc43)C2)c1. The number of hydrogen-bond acceptors (Lipinski definition) is 3. The van der Waals surface area contributed by atoms with E-state index in [9.17, 15) is 4.79 Å². The van der Waals surface area contributed by atoms with E-state index in [1.165, 1.54) is 11.3 Å². The number of carbonyl (C=O) groups excluding carboxylic acids is 1. The number of rotatable bonds is 6. The maximum Gasteiger partial charge on any atom is 0.221 e. The van der Waals surface area contributed by atoms with E-state index in [1.807, 2.05) is 35.2 Å². The minimum Gasteiger partial charge on any atom is -0.371 e. The van der Waals surface area contributed by atoms with Gasteiger partial charge in [-0.2, -0.15) is 0 Å². The molecular formula is C22H26N4O. The van der Waals surface area contributed by atoms with Gasteiger partial charge in [0, 0.05) is 38.3 Å². The molecule has 0 radical (unpaired) electrons. The summed E-state index contributed by atoms with van der Waals surface area (Å²) in [4.78, 5) is 19.1. The molecule has 5 heteroatoms. The molecule has 0 unspecified atom stereocenters.